The van der Waals surface area contributed by atoms with Crippen LogP contribution < -0.4 is 4.90 Å². The SMILES string of the molecule is O=C([C@H]1CCCO1)N(Cc1ccsc1)c1ccccc1. The van der Waals surface area contributed by atoms with E-state index in [9.17, 15) is 4.79 Å². The molecular formula is C16H17NO2S. The number of thiophene rings is 1. The van der Waals surface area contributed by atoms with Crippen LogP contribution in [0.15, 0.2) is 47.2 Å². The summed E-state index contributed by atoms with van der Waals surface area (Å²) in [5, 5.41) is 4.12. The van der Waals surface area contributed by atoms with Crippen molar-refractivity contribution in [1.29, 1.82) is 0 Å². The zero-order valence-electron chi connectivity index (χ0n) is 11.2. The summed E-state index contributed by atoms with van der Waals surface area (Å²) in [7, 11) is 0. The molecule has 1 amide bonds. The number of hydrogen-bond donors (Lipinski definition) is 0. The first kappa shape index (κ1) is 13.3. The van der Waals surface area contributed by atoms with E-state index in [4.69, 9.17) is 4.74 Å². The molecule has 3 nitrogen and oxygen atoms in total. The number of amides is 1. The van der Waals surface area contributed by atoms with Crippen molar-refractivity contribution < 1.29 is 9.53 Å². The predicted octanol–water partition coefficient (Wildman–Crippen LogP) is 3.46. The van der Waals surface area contributed by atoms with Crippen LogP contribution in [0.1, 0.15) is 18.4 Å². The molecule has 0 radical (unpaired) electrons. The Hall–Kier alpha value is -1.65. The normalized spacial score (nSPS) is 18.1. The van der Waals surface area contributed by atoms with Gasteiger partial charge in [-0.25, -0.2) is 0 Å². The lowest BCUT2D eigenvalue weighted by atomic mass is 10.1. The fraction of sp³-hybridized carbons (Fsp3) is 0.312. The summed E-state index contributed by atoms with van der Waals surface area (Å²) >= 11 is 1.65. The third-order valence-electron chi connectivity index (χ3n) is 3.46. The van der Waals surface area contributed by atoms with Crippen molar-refractivity contribution >= 4 is 22.9 Å². The molecule has 0 N–H and O–H groups in total. The van der Waals surface area contributed by atoms with E-state index in [-0.39, 0.29) is 12.0 Å². The molecular weight excluding hydrogens is 270 g/mol. The predicted molar refractivity (Wildman–Crippen MR) is 80.9 cm³/mol. The summed E-state index contributed by atoms with van der Waals surface area (Å²) in [6.07, 6.45) is 1.51. The molecule has 2 aromatic rings. The summed E-state index contributed by atoms with van der Waals surface area (Å²) in [5.41, 5.74) is 2.09. The van der Waals surface area contributed by atoms with E-state index < -0.39 is 0 Å². The van der Waals surface area contributed by atoms with E-state index >= 15 is 0 Å². The third-order valence-corrected chi connectivity index (χ3v) is 4.19. The van der Waals surface area contributed by atoms with Crippen molar-refractivity contribution in [3.63, 3.8) is 0 Å². The maximum Gasteiger partial charge on any atom is 0.256 e. The second-order valence-electron chi connectivity index (χ2n) is 4.89. The average molecular weight is 287 g/mol. The van der Waals surface area contributed by atoms with Crippen LogP contribution in [0.4, 0.5) is 5.69 Å². The van der Waals surface area contributed by atoms with E-state index in [2.05, 4.69) is 11.4 Å². The van der Waals surface area contributed by atoms with Gasteiger partial charge >= 0.3 is 0 Å². The van der Waals surface area contributed by atoms with Crippen molar-refractivity contribution in [3.8, 4) is 0 Å². The molecule has 1 fully saturated rings. The van der Waals surface area contributed by atoms with E-state index in [1.807, 2.05) is 40.6 Å². The maximum atomic E-state index is 12.7. The van der Waals surface area contributed by atoms with E-state index in [0.29, 0.717) is 13.2 Å². The van der Waals surface area contributed by atoms with Gasteiger partial charge in [-0.05, 0) is 47.4 Å². The van der Waals surface area contributed by atoms with Crippen LogP contribution >= 0.6 is 11.3 Å². The van der Waals surface area contributed by atoms with E-state index in [0.717, 1.165) is 24.1 Å². The van der Waals surface area contributed by atoms with Gasteiger partial charge in [0.1, 0.15) is 6.10 Å². The molecule has 3 rings (SSSR count). The number of ether oxygens (including phenoxy) is 1. The standard InChI is InChI=1S/C16H17NO2S/c18-16(15-7-4-9-19-15)17(11-13-8-10-20-12-13)14-5-2-1-3-6-14/h1-3,5-6,8,10,12,15H,4,7,9,11H2/t15-/m1/s1. The van der Waals surface area contributed by atoms with Crippen LogP contribution in [0.5, 0.6) is 0 Å². The molecule has 0 unspecified atom stereocenters. The minimum atomic E-state index is -0.283. The summed E-state index contributed by atoms with van der Waals surface area (Å²) in [5.74, 6) is 0.0694. The number of rotatable bonds is 4. The quantitative estimate of drug-likeness (QED) is 0.862. The lowest BCUT2D eigenvalue weighted by Gasteiger charge is -2.25. The Morgan fingerprint density at radius 3 is 2.80 bits per heavy atom. The molecule has 2 heterocycles. The molecule has 0 spiro atoms. The summed E-state index contributed by atoms with van der Waals surface area (Å²) in [6, 6.07) is 11.9. The molecule has 1 aliphatic rings. The van der Waals surface area contributed by atoms with Crippen LogP contribution in [-0.4, -0.2) is 18.6 Å². The Kier molecular flexibility index (Phi) is 4.14. The number of benzene rings is 1. The van der Waals surface area contributed by atoms with Gasteiger partial charge < -0.3 is 9.64 Å². The molecule has 1 aromatic heterocycles. The van der Waals surface area contributed by atoms with Crippen molar-refractivity contribution in [2.75, 3.05) is 11.5 Å². The monoisotopic (exact) mass is 287 g/mol. The van der Waals surface area contributed by atoms with Crippen LogP contribution in [0, 0.1) is 0 Å². The lowest BCUT2D eigenvalue weighted by Crippen LogP contribution is -2.38. The number of carbonyl (C=O) groups is 1. The molecule has 1 saturated heterocycles. The fourth-order valence-electron chi connectivity index (χ4n) is 2.42. The van der Waals surface area contributed by atoms with Crippen molar-refractivity contribution in [3.05, 3.63) is 52.7 Å². The van der Waals surface area contributed by atoms with Crippen LogP contribution in [-0.2, 0) is 16.1 Å². The molecule has 0 saturated carbocycles. The van der Waals surface area contributed by atoms with Gasteiger partial charge in [-0.3, -0.25) is 4.79 Å². The van der Waals surface area contributed by atoms with Crippen LogP contribution in [0.2, 0.25) is 0 Å². The highest BCUT2D eigenvalue weighted by atomic mass is 32.1. The first-order valence-electron chi connectivity index (χ1n) is 6.84. The summed E-state index contributed by atoms with van der Waals surface area (Å²) in [4.78, 5) is 14.5. The molecule has 1 aliphatic heterocycles. The molecule has 1 atom stereocenters. The number of carbonyl (C=O) groups excluding carboxylic acids is 1. The Balaban J connectivity index is 1.84. The van der Waals surface area contributed by atoms with Crippen molar-refractivity contribution in [2.45, 2.75) is 25.5 Å². The zero-order chi connectivity index (χ0) is 13.8. The fourth-order valence-corrected chi connectivity index (χ4v) is 3.08. The Bertz CT molecular complexity index is 547. The molecule has 4 heteroatoms. The zero-order valence-corrected chi connectivity index (χ0v) is 12.0. The van der Waals surface area contributed by atoms with Crippen molar-refractivity contribution in [2.24, 2.45) is 0 Å². The van der Waals surface area contributed by atoms with Gasteiger partial charge in [0.05, 0.1) is 6.54 Å². The third kappa shape index (κ3) is 2.92. The topological polar surface area (TPSA) is 29.5 Å². The minimum Gasteiger partial charge on any atom is -0.368 e. The second kappa shape index (κ2) is 6.20. The molecule has 0 bridgehead atoms. The van der Waals surface area contributed by atoms with Gasteiger partial charge in [-0.15, -0.1) is 0 Å². The number of nitrogens with zero attached hydrogens (tertiary/aromatic N) is 1. The molecule has 0 aliphatic carbocycles. The largest absolute Gasteiger partial charge is 0.368 e. The highest BCUT2D eigenvalue weighted by Gasteiger charge is 2.29. The average Bonchev–Trinajstić information content (AvgIpc) is 3.18. The van der Waals surface area contributed by atoms with Gasteiger partial charge in [0.2, 0.25) is 0 Å². The Morgan fingerprint density at radius 1 is 1.30 bits per heavy atom. The number of hydrogen-bond acceptors (Lipinski definition) is 3. The molecule has 104 valence electrons. The lowest BCUT2D eigenvalue weighted by molar-refractivity contribution is -0.127. The Morgan fingerprint density at radius 2 is 2.15 bits per heavy atom. The van der Waals surface area contributed by atoms with Gasteiger partial charge in [-0.1, -0.05) is 18.2 Å². The first-order valence-corrected chi connectivity index (χ1v) is 7.78. The minimum absolute atomic E-state index is 0.0694. The number of para-hydroxylation sites is 1. The molecule has 1 aromatic carbocycles. The van der Waals surface area contributed by atoms with Crippen LogP contribution in [0.25, 0.3) is 0 Å². The van der Waals surface area contributed by atoms with Gasteiger partial charge in [0.25, 0.3) is 5.91 Å². The van der Waals surface area contributed by atoms with Gasteiger partial charge in [0.15, 0.2) is 0 Å². The Labute approximate surface area is 122 Å². The number of anilines is 1. The maximum absolute atomic E-state index is 12.7. The summed E-state index contributed by atoms with van der Waals surface area (Å²) in [6.45, 7) is 1.30. The molecule has 20 heavy (non-hydrogen) atoms. The van der Waals surface area contributed by atoms with Crippen molar-refractivity contribution in [1.82, 2.24) is 0 Å². The smallest absolute Gasteiger partial charge is 0.256 e. The summed E-state index contributed by atoms with van der Waals surface area (Å²) < 4.78 is 5.55. The second-order valence-corrected chi connectivity index (χ2v) is 5.67. The van der Waals surface area contributed by atoms with Gasteiger partial charge in [0, 0.05) is 12.3 Å². The van der Waals surface area contributed by atoms with Gasteiger partial charge in [-0.2, -0.15) is 11.3 Å². The van der Waals surface area contributed by atoms with E-state index in [1.54, 1.807) is 11.3 Å². The van der Waals surface area contributed by atoms with Crippen LogP contribution in [0.3, 0.4) is 0 Å². The first-order chi connectivity index (χ1) is 9.84. The highest BCUT2D eigenvalue weighted by Crippen LogP contribution is 2.23. The highest BCUT2D eigenvalue weighted by molar-refractivity contribution is 7.07. The van der Waals surface area contributed by atoms with E-state index in [1.165, 1.54) is 0 Å².